The maximum atomic E-state index is 14.8. The minimum Gasteiger partial charge on any atom is -0.485 e. The number of nitrogens with zero attached hydrogens (tertiary/aromatic N) is 4. The van der Waals surface area contributed by atoms with Crippen molar-refractivity contribution in [3.05, 3.63) is 82.4 Å². The number of fused-ring (bicyclic) bond motifs is 5. The van der Waals surface area contributed by atoms with E-state index in [0.29, 0.717) is 41.8 Å². The predicted molar refractivity (Wildman–Crippen MR) is 153 cm³/mol. The Balaban J connectivity index is 1.14. The van der Waals surface area contributed by atoms with Crippen molar-refractivity contribution < 1.29 is 28.5 Å². The molecule has 2 saturated heterocycles. The second kappa shape index (κ2) is 9.86. The lowest BCUT2D eigenvalue weighted by atomic mass is 9.91. The predicted octanol–water partition coefficient (Wildman–Crippen LogP) is 5.07. The van der Waals surface area contributed by atoms with E-state index in [1.54, 1.807) is 30.3 Å². The number of carboxylic acids is 1. The Morgan fingerprint density at radius 1 is 1.12 bits per heavy atom. The van der Waals surface area contributed by atoms with E-state index < -0.39 is 17.9 Å². The molecule has 4 aliphatic rings. The van der Waals surface area contributed by atoms with Crippen molar-refractivity contribution in [2.45, 2.75) is 37.3 Å². The molecule has 0 spiro atoms. The topological polar surface area (TPSA) is 89.3 Å². The molecule has 0 saturated carbocycles. The lowest BCUT2D eigenvalue weighted by Crippen LogP contribution is -2.61. The number of benzene rings is 3. The van der Waals surface area contributed by atoms with Gasteiger partial charge in [-0.2, -0.15) is 0 Å². The summed E-state index contributed by atoms with van der Waals surface area (Å²) in [7, 11) is 0. The Morgan fingerprint density at radius 3 is 2.79 bits per heavy atom. The van der Waals surface area contributed by atoms with Gasteiger partial charge in [0.2, 0.25) is 0 Å². The molecule has 2 fully saturated rings. The van der Waals surface area contributed by atoms with Gasteiger partial charge in [-0.05, 0) is 48.9 Å². The number of carboxylic acid groups (broad SMARTS) is 1. The molecule has 4 aromatic rings. The summed E-state index contributed by atoms with van der Waals surface area (Å²) in [6.45, 7) is 3.84. The molecule has 1 aromatic heterocycles. The monoisotopic (exact) mass is 590 g/mol. The van der Waals surface area contributed by atoms with Crippen LogP contribution in [-0.2, 0) is 11.3 Å². The standard InChI is InChI=1S/C31H28ClFN4O5/c32-18-5-6-19(20(33)13-18)27-16-41-26-3-1-2-22(30(26)42-27)35-9-10-36-15-28-34-21-7-4-17(31(38)39)12-23(21)37(28)29(24(36)14-35)25-8-11-40-25/h1-7,12-13,24-25,27,29H,8-11,14-16H2,(H,38,39)/t24?,25-,27-,29?/m0/s1. The van der Waals surface area contributed by atoms with E-state index in [4.69, 9.17) is 30.8 Å². The number of aromatic carboxylic acids is 1. The van der Waals surface area contributed by atoms with Gasteiger partial charge in [-0.3, -0.25) is 4.90 Å². The number of piperazine rings is 1. The molecule has 9 nitrogen and oxygen atoms in total. The van der Waals surface area contributed by atoms with Crippen LogP contribution in [0.15, 0.2) is 54.6 Å². The molecule has 4 atom stereocenters. The van der Waals surface area contributed by atoms with Gasteiger partial charge in [-0.1, -0.05) is 23.7 Å². The second-order valence-corrected chi connectivity index (χ2v) is 11.7. The van der Waals surface area contributed by atoms with E-state index in [1.807, 2.05) is 18.2 Å². The third-order valence-corrected chi connectivity index (χ3v) is 9.19. The first-order chi connectivity index (χ1) is 20.4. The molecule has 0 aliphatic carbocycles. The Hall–Kier alpha value is -3.86. The summed E-state index contributed by atoms with van der Waals surface area (Å²) in [4.78, 5) is 21.5. The molecule has 0 bridgehead atoms. The zero-order valence-electron chi connectivity index (χ0n) is 22.6. The maximum absolute atomic E-state index is 14.8. The Bertz CT molecular complexity index is 1730. The number of aromatic nitrogens is 2. The highest BCUT2D eigenvalue weighted by Crippen LogP contribution is 2.46. The Morgan fingerprint density at radius 2 is 2.00 bits per heavy atom. The molecular formula is C31H28ClFN4O5. The molecule has 42 heavy (non-hydrogen) atoms. The second-order valence-electron chi connectivity index (χ2n) is 11.3. The van der Waals surface area contributed by atoms with Gasteiger partial charge in [-0.15, -0.1) is 0 Å². The Kier molecular flexibility index (Phi) is 6.06. The molecule has 1 N–H and O–H groups in total. The highest BCUT2D eigenvalue weighted by atomic mass is 35.5. The maximum Gasteiger partial charge on any atom is 0.335 e. The van der Waals surface area contributed by atoms with Gasteiger partial charge < -0.3 is 28.8 Å². The summed E-state index contributed by atoms with van der Waals surface area (Å²) in [5, 5.41) is 10.00. The van der Waals surface area contributed by atoms with Crippen LogP contribution in [0.1, 0.15) is 40.3 Å². The SMILES string of the molecule is O=C(O)c1ccc2nc3n(c2c1)C([C@@H]1CCO1)C1CN(c2cccc4c2O[C@H](c2ccc(Cl)cc2F)CO4)CCN1C3. The average Bonchev–Trinajstić information content (AvgIpc) is 3.32. The molecule has 8 rings (SSSR count). The largest absolute Gasteiger partial charge is 0.485 e. The molecule has 0 radical (unpaired) electrons. The van der Waals surface area contributed by atoms with E-state index in [-0.39, 0.29) is 30.4 Å². The molecule has 2 unspecified atom stereocenters. The summed E-state index contributed by atoms with van der Waals surface area (Å²) in [5.41, 5.74) is 3.15. The lowest BCUT2D eigenvalue weighted by Gasteiger charge is -2.52. The van der Waals surface area contributed by atoms with Crippen LogP contribution < -0.4 is 14.4 Å². The first-order valence-electron chi connectivity index (χ1n) is 14.2. The Labute approximate surface area is 246 Å². The fourth-order valence-corrected chi connectivity index (χ4v) is 7.00. The number of hydrogen-bond acceptors (Lipinski definition) is 7. The smallest absolute Gasteiger partial charge is 0.335 e. The number of halogens is 2. The third kappa shape index (κ3) is 4.11. The van der Waals surface area contributed by atoms with E-state index in [0.717, 1.165) is 42.1 Å². The first kappa shape index (κ1) is 25.8. The number of carbonyl (C=O) groups is 1. The number of anilines is 1. The van der Waals surface area contributed by atoms with Gasteiger partial charge in [0.05, 0.1) is 47.0 Å². The minimum atomic E-state index is -0.960. The zero-order chi connectivity index (χ0) is 28.5. The summed E-state index contributed by atoms with van der Waals surface area (Å²) in [6.07, 6.45) is 0.328. The van der Waals surface area contributed by atoms with Crippen molar-refractivity contribution in [2.75, 3.05) is 37.7 Å². The lowest BCUT2D eigenvalue weighted by molar-refractivity contribution is -0.107. The molecule has 216 valence electrons. The van der Waals surface area contributed by atoms with Gasteiger partial charge >= 0.3 is 5.97 Å². The number of hydrogen-bond donors (Lipinski definition) is 1. The van der Waals surface area contributed by atoms with E-state index in [9.17, 15) is 14.3 Å². The van der Waals surface area contributed by atoms with Crippen molar-refractivity contribution >= 4 is 34.3 Å². The average molecular weight is 591 g/mol. The van der Waals surface area contributed by atoms with Crippen LogP contribution in [0.4, 0.5) is 10.1 Å². The van der Waals surface area contributed by atoms with Crippen molar-refractivity contribution in [3.8, 4) is 11.5 Å². The van der Waals surface area contributed by atoms with Crippen LogP contribution in [-0.4, -0.2) is 70.5 Å². The van der Waals surface area contributed by atoms with Crippen LogP contribution in [0.5, 0.6) is 11.5 Å². The normalized spacial score (nSPS) is 25.0. The van der Waals surface area contributed by atoms with Crippen molar-refractivity contribution in [3.63, 3.8) is 0 Å². The van der Waals surface area contributed by atoms with Crippen molar-refractivity contribution in [1.29, 1.82) is 0 Å². The quantitative estimate of drug-likeness (QED) is 0.352. The van der Waals surface area contributed by atoms with Crippen LogP contribution in [0, 0.1) is 5.82 Å². The molecular weight excluding hydrogens is 563 g/mol. The molecule has 5 heterocycles. The summed E-state index contributed by atoms with van der Waals surface area (Å²) < 4.78 is 35.6. The number of ether oxygens (including phenoxy) is 3. The van der Waals surface area contributed by atoms with Crippen molar-refractivity contribution in [1.82, 2.24) is 14.5 Å². The van der Waals surface area contributed by atoms with E-state index >= 15 is 0 Å². The fraction of sp³-hybridized carbons (Fsp3) is 0.355. The minimum absolute atomic E-state index is 0.00363. The number of rotatable bonds is 4. The molecule has 3 aromatic carbocycles. The third-order valence-electron chi connectivity index (χ3n) is 8.95. The number of imidazole rings is 1. The van der Waals surface area contributed by atoms with E-state index in [2.05, 4.69) is 14.4 Å². The van der Waals surface area contributed by atoms with Crippen LogP contribution in [0.25, 0.3) is 11.0 Å². The summed E-state index contributed by atoms with van der Waals surface area (Å²) in [5.74, 6) is 0.777. The molecule has 4 aliphatic heterocycles. The fourth-order valence-electron chi connectivity index (χ4n) is 6.84. The van der Waals surface area contributed by atoms with Crippen LogP contribution in [0.2, 0.25) is 5.02 Å². The van der Waals surface area contributed by atoms with Crippen molar-refractivity contribution in [2.24, 2.45) is 0 Å². The van der Waals surface area contributed by atoms with Gasteiger partial charge in [0.25, 0.3) is 0 Å². The van der Waals surface area contributed by atoms with Gasteiger partial charge in [0.15, 0.2) is 17.6 Å². The van der Waals surface area contributed by atoms with Gasteiger partial charge in [0, 0.05) is 36.8 Å². The zero-order valence-corrected chi connectivity index (χ0v) is 23.3. The van der Waals surface area contributed by atoms with Gasteiger partial charge in [0.1, 0.15) is 18.2 Å². The number of para-hydroxylation sites is 1. The van der Waals surface area contributed by atoms with Gasteiger partial charge in [-0.25, -0.2) is 14.2 Å². The molecule has 11 heteroatoms. The first-order valence-corrected chi connectivity index (χ1v) is 14.5. The van der Waals surface area contributed by atoms with E-state index in [1.165, 1.54) is 6.07 Å². The highest BCUT2D eigenvalue weighted by molar-refractivity contribution is 6.30. The summed E-state index contributed by atoms with van der Waals surface area (Å²) in [6, 6.07) is 15.6. The summed E-state index contributed by atoms with van der Waals surface area (Å²) >= 11 is 5.98. The molecule has 0 amide bonds. The van der Waals surface area contributed by atoms with Crippen LogP contribution in [0.3, 0.4) is 0 Å². The highest BCUT2D eigenvalue weighted by Gasteiger charge is 2.46. The van der Waals surface area contributed by atoms with Crippen LogP contribution >= 0.6 is 11.6 Å².